The van der Waals surface area contributed by atoms with Crippen molar-refractivity contribution in [1.82, 2.24) is 0 Å². The third-order valence-corrected chi connectivity index (χ3v) is 0. The monoisotopic (exact) mass is 325 g/mol. The van der Waals surface area contributed by atoms with E-state index in [2.05, 4.69) is 0 Å². The van der Waals surface area contributed by atoms with E-state index >= 15 is 0 Å². The predicted molar refractivity (Wildman–Crippen MR) is 21.2 cm³/mol. The van der Waals surface area contributed by atoms with Gasteiger partial charge in [-0.05, 0) is 6.92 Å². The molecule has 0 aliphatic heterocycles. The smallest absolute Gasteiger partial charge is 0.759 e. The first-order valence-corrected chi connectivity index (χ1v) is 2.91. The van der Waals surface area contributed by atoms with Gasteiger partial charge in [-0.15, -0.1) is 0 Å². The molecule has 0 amide bonds. The molecule has 0 bridgehead atoms. The van der Waals surface area contributed by atoms with Crippen molar-refractivity contribution in [2.45, 2.75) is 6.92 Å². The minimum Gasteiger partial charge on any atom is -0.759 e. The second-order valence-corrected chi connectivity index (χ2v) is 1.72. The Hall–Kier alpha value is 0.600. The topological polar surface area (TPSA) is 120 Å². The average Bonchev–Trinajstić information content (AvgIpc) is 1.19. The van der Waals surface area contributed by atoms with Crippen molar-refractivity contribution >= 4 is 16.4 Å². The van der Waals surface area contributed by atoms with Crippen LogP contribution in [0.5, 0.6) is 0 Å². The zero-order valence-corrected chi connectivity index (χ0v) is 8.20. The molecule has 6 nitrogen and oxygen atoms in total. The Labute approximate surface area is 89.9 Å². The Morgan fingerprint density at radius 2 is 1.27 bits per heavy atom. The predicted octanol–water partition coefficient (Wildman–Crippen LogP) is -2.59. The third kappa shape index (κ3) is 2180. The Morgan fingerprint density at radius 3 is 1.27 bits per heavy atom. The van der Waals surface area contributed by atoms with E-state index < -0.39 is 16.4 Å². The van der Waals surface area contributed by atoms with Gasteiger partial charge >= 0.3 is 39.4 Å². The van der Waals surface area contributed by atoms with Gasteiger partial charge in [0, 0.05) is 16.4 Å². The summed E-state index contributed by atoms with van der Waals surface area (Å²) < 4.78 is 34.1. The van der Waals surface area contributed by atoms with Crippen LogP contribution >= 0.6 is 0 Å². The summed E-state index contributed by atoms with van der Waals surface area (Å²) in [5.41, 5.74) is 0. The number of carboxylic acids is 1. The van der Waals surface area contributed by atoms with Crippen LogP contribution in [0, 0.1) is 0 Å². The fourth-order valence-electron chi connectivity index (χ4n) is 0. The fourth-order valence-corrected chi connectivity index (χ4v) is 0. The Morgan fingerprint density at radius 1 is 1.27 bits per heavy atom. The maximum atomic E-state index is 8.89. The Kier molecular flexibility index (Phi) is 21.7. The first-order chi connectivity index (χ1) is 3.73. The maximum Gasteiger partial charge on any atom is 2.00 e. The van der Waals surface area contributed by atoms with E-state index in [1.165, 1.54) is 0 Å². The molecule has 0 aromatic heterocycles. The first kappa shape index (κ1) is 22.6. The number of carboxylic acid groups (broad SMARTS) is 1. The van der Waals surface area contributed by atoms with Crippen LogP contribution in [0.1, 0.15) is 6.92 Å². The van der Waals surface area contributed by atoms with Gasteiger partial charge in [0.15, 0.2) is 0 Å². The summed E-state index contributed by atoms with van der Waals surface area (Å²) in [4.78, 5) is 8.89. The Balaban J connectivity index is -0.0000000383. The second kappa shape index (κ2) is 10.6. The van der Waals surface area contributed by atoms with Gasteiger partial charge in [0.25, 0.3) is 0 Å². The van der Waals surface area contributed by atoms with Gasteiger partial charge in [0.2, 0.25) is 0 Å². The molecule has 0 saturated carbocycles. The maximum absolute atomic E-state index is 8.89. The van der Waals surface area contributed by atoms with Crippen molar-refractivity contribution in [2.75, 3.05) is 0 Å². The number of hydrogen-bond donors (Lipinski definition) is 0. The van der Waals surface area contributed by atoms with Gasteiger partial charge in [0.1, 0.15) is 0 Å². The van der Waals surface area contributed by atoms with Crippen molar-refractivity contribution in [3.8, 4) is 0 Å². The molecule has 0 atom stereocenters. The molecular formula is C2H3AgCuO6S. The molecule has 0 fully saturated rings. The molecule has 0 unspecified atom stereocenters. The molecule has 1 radical (unpaired) electrons. The van der Waals surface area contributed by atoms with E-state index in [-0.39, 0.29) is 39.4 Å². The summed E-state index contributed by atoms with van der Waals surface area (Å²) in [6.07, 6.45) is 0. The van der Waals surface area contributed by atoms with Crippen LogP contribution in [0.4, 0.5) is 0 Å². The summed E-state index contributed by atoms with van der Waals surface area (Å²) in [7, 11) is -5.17. The van der Waals surface area contributed by atoms with E-state index in [0.717, 1.165) is 6.92 Å². The number of carbonyl (C=O) groups is 1. The van der Waals surface area contributed by atoms with Crippen LogP contribution in [0.15, 0.2) is 0 Å². The number of hydrogen-bond acceptors (Lipinski definition) is 6. The van der Waals surface area contributed by atoms with Crippen molar-refractivity contribution in [3.05, 3.63) is 0 Å². The quantitative estimate of drug-likeness (QED) is 0.274. The molecule has 0 aromatic rings. The standard InChI is InChI=1S/C2H4O2.Ag.Cu.H2O4S/c1-2(3)4;;;1-5(2,3)4/h1H3,(H,3,4);;;(H2,1,2,3,4)/q;+1;+2;/p-3. The molecule has 9 heteroatoms. The van der Waals surface area contributed by atoms with E-state index in [1.54, 1.807) is 0 Å². The normalized spacial score (nSPS) is 7.55. The van der Waals surface area contributed by atoms with E-state index in [4.69, 9.17) is 27.4 Å². The van der Waals surface area contributed by atoms with Gasteiger partial charge in [-0.2, -0.15) is 0 Å². The fraction of sp³-hybridized carbons (Fsp3) is 0.500. The molecule has 0 aliphatic carbocycles. The number of aliphatic carboxylic acids is 1. The zero-order chi connectivity index (χ0) is 8.08. The summed E-state index contributed by atoms with van der Waals surface area (Å²) in [6.45, 7) is 0.972. The van der Waals surface area contributed by atoms with Gasteiger partial charge in [-0.25, -0.2) is 0 Å². The van der Waals surface area contributed by atoms with Crippen LogP contribution in [0.2, 0.25) is 0 Å². The van der Waals surface area contributed by atoms with E-state index in [0.29, 0.717) is 0 Å². The van der Waals surface area contributed by atoms with Gasteiger partial charge in [-0.1, -0.05) is 0 Å². The van der Waals surface area contributed by atoms with Crippen molar-refractivity contribution in [1.29, 1.82) is 0 Å². The van der Waals surface area contributed by atoms with Gasteiger partial charge in [0.05, 0.1) is 0 Å². The molecule has 0 N–H and O–H groups in total. The average molecular weight is 327 g/mol. The molecule has 0 heterocycles. The molecule has 0 aromatic carbocycles. The van der Waals surface area contributed by atoms with Crippen molar-refractivity contribution in [2.24, 2.45) is 0 Å². The number of rotatable bonds is 0. The van der Waals surface area contributed by atoms with Crippen molar-refractivity contribution < 1.29 is 66.9 Å². The molecule has 0 saturated heterocycles. The molecule has 11 heavy (non-hydrogen) atoms. The molecule has 0 aliphatic rings. The van der Waals surface area contributed by atoms with Crippen LogP contribution in [0.3, 0.4) is 0 Å². The van der Waals surface area contributed by atoms with E-state index in [9.17, 15) is 0 Å². The van der Waals surface area contributed by atoms with E-state index in [1.807, 2.05) is 0 Å². The molecular weight excluding hydrogens is 323 g/mol. The third-order valence-electron chi connectivity index (χ3n) is 0. The largest absolute Gasteiger partial charge is 2.00 e. The van der Waals surface area contributed by atoms with Crippen LogP contribution in [-0.4, -0.2) is 23.5 Å². The van der Waals surface area contributed by atoms with Gasteiger partial charge < -0.3 is 19.0 Å². The Bertz CT molecular complexity index is 163. The summed E-state index contributed by atoms with van der Waals surface area (Å²) in [6, 6.07) is 0. The molecule has 75 valence electrons. The minimum atomic E-state index is -5.17. The van der Waals surface area contributed by atoms with Crippen molar-refractivity contribution in [3.63, 3.8) is 0 Å². The second-order valence-electron chi connectivity index (χ2n) is 0.900. The summed E-state index contributed by atoms with van der Waals surface area (Å²) in [5, 5.41) is 8.89. The molecule has 0 rings (SSSR count). The first-order valence-electron chi connectivity index (χ1n) is 1.57. The summed E-state index contributed by atoms with van der Waals surface area (Å²) in [5.74, 6) is -1.08. The van der Waals surface area contributed by atoms with Crippen LogP contribution in [-0.2, 0) is 54.6 Å². The number of carbonyl (C=O) groups excluding carboxylic acids is 1. The SMILES string of the molecule is CC(=O)[O-].O=S(=O)([O-])[O-].[Ag+].[Cu+2]. The zero-order valence-electron chi connectivity index (χ0n) is 4.96. The van der Waals surface area contributed by atoms with Crippen LogP contribution < -0.4 is 5.11 Å². The van der Waals surface area contributed by atoms with Crippen LogP contribution in [0.25, 0.3) is 0 Å². The molecule has 0 spiro atoms. The van der Waals surface area contributed by atoms with Gasteiger partial charge in [-0.3, -0.25) is 8.42 Å². The minimum absolute atomic E-state index is 0. The summed E-state index contributed by atoms with van der Waals surface area (Å²) >= 11 is 0.